The summed E-state index contributed by atoms with van der Waals surface area (Å²) in [6.45, 7) is 4.24. The Morgan fingerprint density at radius 1 is 1.07 bits per heavy atom. The summed E-state index contributed by atoms with van der Waals surface area (Å²) in [4.78, 5) is 17.5. The van der Waals surface area contributed by atoms with Crippen molar-refractivity contribution in [2.75, 3.05) is 25.0 Å². The summed E-state index contributed by atoms with van der Waals surface area (Å²) in [5.41, 5.74) is 1.40. The van der Waals surface area contributed by atoms with E-state index in [1.807, 2.05) is 13.8 Å². The summed E-state index contributed by atoms with van der Waals surface area (Å²) in [7, 11) is -2.78. The molecule has 1 unspecified atom stereocenters. The SMILES string of the molecule is COc1ccccc1Oc1c(NS(=O)(=O)c2ncccc2C(C)C)nc(-c2ccnc(CO)c2)nc1OCC1CCCO1. The van der Waals surface area contributed by atoms with Gasteiger partial charge in [-0.3, -0.25) is 9.71 Å². The Morgan fingerprint density at radius 2 is 1.88 bits per heavy atom. The number of aliphatic hydroxyl groups is 1. The van der Waals surface area contributed by atoms with Crippen molar-refractivity contribution < 1.29 is 32.5 Å². The smallest absolute Gasteiger partial charge is 0.280 e. The highest BCUT2D eigenvalue weighted by Gasteiger charge is 2.29. The second kappa shape index (κ2) is 13.3. The van der Waals surface area contributed by atoms with Gasteiger partial charge in [-0.15, -0.1) is 0 Å². The lowest BCUT2D eigenvalue weighted by Gasteiger charge is -2.20. The van der Waals surface area contributed by atoms with E-state index >= 15 is 0 Å². The molecule has 1 aliphatic heterocycles. The minimum absolute atomic E-state index is 0.0171. The molecule has 0 radical (unpaired) electrons. The summed E-state index contributed by atoms with van der Waals surface area (Å²) < 4.78 is 53.9. The molecule has 12 nitrogen and oxygen atoms in total. The molecule has 1 atom stereocenters. The topological polar surface area (TPSA) is 155 Å². The van der Waals surface area contributed by atoms with E-state index in [9.17, 15) is 13.5 Å². The van der Waals surface area contributed by atoms with E-state index in [0.29, 0.717) is 29.2 Å². The Balaban J connectivity index is 1.68. The number of ether oxygens (including phenoxy) is 4. The molecule has 13 heteroatoms. The Morgan fingerprint density at radius 3 is 2.60 bits per heavy atom. The standard InChI is InChI=1S/C30H33N5O7S/c1-19(2)23-9-6-13-32-30(23)43(37,38)35-28-26(42-25-11-5-4-10-24(25)39-3)29(41-18-22-8-7-15-40-22)34-27(33-28)20-12-14-31-21(16-20)17-36/h4-6,9-14,16,19,22,36H,7-8,15,17-18H2,1-3H3,(H,33,34,35). The van der Waals surface area contributed by atoms with Crippen LogP contribution in [0, 0.1) is 0 Å². The lowest BCUT2D eigenvalue weighted by Crippen LogP contribution is -2.20. The third kappa shape index (κ3) is 7.01. The fourth-order valence-corrected chi connectivity index (χ4v) is 5.83. The van der Waals surface area contributed by atoms with Gasteiger partial charge in [-0.1, -0.05) is 32.0 Å². The normalized spacial score (nSPS) is 15.0. The van der Waals surface area contributed by atoms with Gasteiger partial charge >= 0.3 is 0 Å². The van der Waals surface area contributed by atoms with E-state index in [1.54, 1.807) is 48.5 Å². The lowest BCUT2D eigenvalue weighted by molar-refractivity contribution is 0.0654. The number of aliphatic hydroxyl groups excluding tert-OH is 1. The van der Waals surface area contributed by atoms with E-state index < -0.39 is 10.0 Å². The minimum atomic E-state index is -4.27. The van der Waals surface area contributed by atoms with Gasteiger partial charge in [0.25, 0.3) is 15.9 Å². The third-order valence-electron chi connectivity index (χ3n) is 6.69. The van der Waals surface area contributed by atoms with E-state index in [2.05, 4.69) is 24.7 Å². The monoisotopic (exact) mass is 607 g/mol. The van der Waals surface area contributed by atoms with Crippen LogP contribution in [0.5, 0.6) is 23.1 Å². The first kappa shape index (κ1) is 30.1. The van der Waals surface area contributed by atoms with Crippen LogP contribution in [0.4, 0.5) is 5.82 Å². The summed E-state index contributed by atoms with van der Waals surface area (Å²) in [5.74, 6) is 0.417. The number of methoxy groups -OCH3 is 1. The minimum Gasteiger partial charge on any atom is -0.493 e. The van der Waals surface area contributed by atoms with Gasteiger partial charge in [0.15, 0.2) is 28.2 Å². The second-order valence-electron chi connectivity index (χ2n) is 10.1. The molecule has 0 aliphatic carbocycles. The molecule has 0 amide bonds. The highest BCUT2D eigenvalue weighted by atomic mass is 32.2. The first-order chi connectivity index (χ1) is 20.8. The molecule has 0 spiro atoms. The zero-order chi connectivity index (χ0) is 30.4. The largest absolute Gasteiger partial charge is 0.493 e. The molecule has 43 heavy (non-hydrogen) atoms. The summed E-state index contributed by atoms with van der Waals surface area (Å²) in [6, 6.07) is 13.6. The van der Waals surface area contributed by atoms with E-state index in [-0.39, 0.29) is 59.3 Å². The maximum absolute atomic E-state index is 13.9. The first-order valence-electron chi connectivity index (χ1n) is 13.8. The molecule has 1 saturated heterocycles. The van der Waals surface area contributed by atoms with Crippen LogP contribution >= 0.6 is 0 Å². The number of aromatic nitrogens is 4. The number of rotatable bonds is 12. The zero-order valence-electron chi connectivity index (χ0n) is 24.1. The Hall–Kier alpha value is -4.33. The van der Waals surface area contributed by atoms with E-state index in [4.69, 9.17) is 18.9 Å². The van der Waals surface area contributed by atoms with Crippen LogP contribution < -0.4 is 18.9 Å². The number of pyridine rings is 2. The molecule has 5 rings (SSSR count). The van der Waals surface area contributed by atoms with Gasteiger partial charge < -0.3 is 24.1 Å². The highest BCUT2D eigenvalue weighted by Crippen LogP contribution is 2.42. The number of para-hydroxylation sites is 2. The van der Waals surface area contributed by atoms with Crippen LogP contribution in [0.15, 0.2) is 66.0 Å². The average Bonchev–Trinajstić information content (AvgIpc) is 3.55. The molecule has 4 aromatic rings. The Kier molecular flexibility index (Phi) is 9.34. The predicted molar refractivity (Wildman–Crippen MR) is 158 cm³/mol. The molecule has 0 saturated carbocycles. The van der Waals surface area contributed by atoms with Crippen LogP contribution in [-0.4, -0.2) is 59.9 Å². The highest BCUT2D eigenvalue weighted by molar-refractivity contribution is 7.92. The van der Waals surface area contributed by atoms with Crippen LogP contribution in [0.25, 0.3) is 11.4 Å². The quantitative estimate of drug-likeness (QED) is 0.230. The van der Waals surface area contributed by atoms with Crippen molar-refractivity contribution in [2.24, 2.45) is 0 Å². The average molecular weight is 608 g/mol. The second-order valence-corrected chi connectivity index (χ2v) is 11.7. The molecule has 226 valence electrons. The molecule has 1 aromatic carbocycles. The van der Waals surface area contributed by atoms with Gasteiger partial charge in [0.05, 0.1) is 25.5 Å². The fraction of sp³-hybridized carbons (Fsp3) is 0.333. The van der Waals surface area contributed by atoms with Gasteiger partial charge in [0.2, 0.25) is 5.75 Å². The van der Waals surface area contributed by atoms with Crippen LogP contribution in [0.3, 0.4) is 0 Å². The fourth-order valence-electron chi connectivity index (χ4n) is 4.53. The van der Waals surface area contributed by atoms with Crippen LogP contribution in [0.1, 0.15) is 43.9 Å². The third-order valence-corrected chi connectivity index (χ3v) is 8.00. The van der Waals surface area contributed by atoms with Crippen molar-refractivity contribution in [1.82, 2.24) is 19.9 Å². The first-order valence-corrected chi connectivity index (χ1v) is 15.3. The lowest BCUT2D eigenvalue weighted by atomic mass is 10.1. The Bertz CT molecular complexity index is 1680. The molecule has 3 aromatic heterocycles. The number of nitrogens with zero attached hydrogens (tertiary/aromatic N) is 4. The zero-order valence-corrected chi connectivity index (χ0v) is 24.9. The predicted octanol–water partition coefficient (Wildman–Crippen LogP) is 4.71. The van der Waals surface area contributed by atoms with Crippen molar-refractivity contribution in [3.63, 3.8) is 0 Å². The maximum atomic E-state index is 13.9. The van der Waals surface area contributed by atoms with Gasteiger partial charge in [0.1, 0.15) is 6.61 Å². The van der Waals surface area contributed by atoms with Crippen LogP contribution in [0.2, 0.25) is 0 Å². The number of anilines is 1. The van der Waals surface area contributed by atoms with Crippen molar-refractivity contribution in [3.05, 3.63) is 72.2 Å². The molecule has 1 fully saturated rings. The van der Waals surface area contributed by atoms with Crippen molar-refractivity contribution in [3.8, 4) is 34.5 Å². The van der Waals surface area contributed by atoms with Crippen molar-refractivity contribution in [1.29, 1.82) is 0 Å². The van der Waals surface area contributed by atoms with Gasteiger partial charge in [-0.05, 0) is 54.7 Å². The number of hydrogen-bond donors (Lipinski definition) is 2. The molecule has 2 N–H and O–H groups in total. The molecular weight excluding hydrogens is 574 g/mol. The van der Waals surface area contributed by atoms with Gasteiger partial charge in [-0.25, -0.2) is 9.97 Å². The number of hydrogen-bond acceptors (Lipinski definition) is 11. The Labute approximate surface area is 250 Å². The van der Waals surface area contributed by atoms with Crippen molar-refractivity contribution >= 4 is 15.8 Å². The maximum Gasteiger partial charge on any atom is 0.280 e. The van der Waals surface area contributed by atoms with Gasteiger partial charge in [-0.2, -0.15) is 13.4 Å². The number of sulfonamides is 1. The van der Waals surface area contributed by atoms with Crippen LogP contribution in [-0.2, 0) is 21.4 Å². The summed E-state index contributed by atoms with van der Waals surface area (Å²) in [5, 5.41) is 9.52. The molecule has 0 bridgehead atoms. The molecule has 1 aliphatic rings. The number of nitrogens with one attached hydrogen (secondary N) is 1. The molecular formula is C30H33N5O7S. The van der Waals surface area contributed by atoms with E-state index in [1.165, 1.54) is 19.5 Å². The summed E-state index contributed by atoms with van der Waals surface area (Å²) in [6.07, 6.45) is 4.47. The van der Waals surface area contributed by atoms with Gasteiger partial charge in [0, 0.05) is 24.6 Å². The number of benzene rings is 1. The summed E-state index contributed by atoms with van der Waals surface area (Å²) >= 11 is 0. The van der Waals surface area contributed by atoms with E-state index in [0.717, 1.165) is 12.8 Å². The molecule has 4 heterocycles. The van der Waals surface area contributed by atoms with Crippen molar-refractivity contribution in [2.45, 2.75) is 50.3 Å².